The van der Waals surface area contributed by atoms with Gasteiger partial charge in [-0.15, -0.1) is 0 Å². The lowest BCUT2D eigenvalue weighted by Gasteiger charge is -1.87. The summed E-state index contributed by atoms with van der Waals surface area (Å²) in [5.41, 5.74) is 0. The maximum atomic E-state index is 9.82. The number of hydrogen-bond donors (Lipinski definition) is 1. The van der Waals surface area contributed by atoms with Crippen molar-refractivity contribution in [1.29, 1.82) is 0 Å². The number of unbranched alkanes of at least 4 members (excludes halogenated alkanes) is 2. The summed E-state index contributed by atoms with van der Waals surface area (Å²) in [6.45, 7) is 2.79. The van der Waals surface area contributed by atoms with E-state index in [1.807, 2.05) is 18.2 Å². The Kier molecular flexibility index (Phi) is 9.08. The molecule has 0 fully saturated rings. The quantitative estimate of drug-likeness (QED) is 0.351. The van der Waals surface area contributed by atoms with E-state index >= 15 is 0 Å². The largest absolute Gasteiger partial charge is 0.355 e. The van der Waals surface area contributed by atoms with Gasteiger partial charge < -0.3 is 5.32 Å². The van der Waals surface area contributed by atoms with E-state index < -0.39 is 0 Å². The average molecular weight is 167 g/mol. The zero-order chi connectivity index (χ0) is 9.07. The molecule has 1 N–H and O–H groups in total. The molecule has 0 saturated carbocycles. The minimum Gasteiger partial charge on any atom is -0.355 e. The molecule has 0 radical (unpaired) electrons. The molecule has 1 amide bonds. The minimum absolute atomic E-state index is 0.613. The van der Waals surface area contributed by atoms with Crippen LogP contribution >= 0.6 is 0 Å². The minimum atomic E-state index is 0.613. The van der Waals surface area contributed by atoms with Gasteiger partial charge in [-0.3, -0.25) is 4.79 Å². The smallest absolute Gasteiger partial charge is 0.207 e. The van der Waals surface area contributed by atoms with Crippen molar-refractivity contribution in [2.45, 2.75) is 26.2 Å². The molecule has 2 nitrogen and oxygen atoms in total. The van der Waals surface area contributed by atoms with Crippen molar-refractivity contribution in [1.82, 2.24) is 5.32 Å². The van der Waals surface area contributed by atoms with Gasteiger partial charge in [-0.05, 0) is 6.42 Å². The summed E-state index contributed by atoms with van der Waals surface area (Å²) >= 11 is 0. The second kappa shape index (κ2) is 9.95. The lowest BCUT2D eigenvalue weighted by Crippen LogP contribution is -2.08. The van der Waals surface area contributed by atoms with Crippen LogP contribution in [0.15, 0.2) is 24.3 Å². The van der Waals surface area contributed by atoms with E-state index in [1.54, 1.807) is 0 Å². The first kappa shape index (κ1) is 11.0. The predicted molar refractivity (Wildman–Crippen MR) is 51.9 cm³/mol. The third-order valence-corrected chi connectivity index (χ3v) is 1.43. The van der Waals surface area contributed by atoms with Gasteiger partial charge in [0.25, 0.3) is 0 Å². The van der Waals surface area contributed by atoms with Crippen LogP contribution in [-0.2, 0) is 4.79 Å². The molecule has 0 rings (SSSR count). The van der Waals surface area contributed by atoms with Gasteiger partial charge in [0, 0.05) is 6.54 Å². The van der Waals surface area contributed by atoms with Crippen LogP contribution in [0.2, 0.25) is 0 Å². The molecule has 2 heteroatoms. The molecule has 0 aliphatic rings. The summed E-state index contributed by atoms with van der Waals surface area (Å²) < 4.78 is 0. The number of allylic oxidation sites excluding steroid dienone is 3. The lowest BCUT2D eigenvalue weighted by atomic mass is 10.2. The van der Waals surface area contributed by atoms with Gasteiger partial charge in [-0.2, -0.15) is 0 Å². The van der Waals surface area contributed by atoms with Gasteiger partial charge in [-0.1, -0.05) is 44.1 Å². The van der Waals surface area contributed by atoms with Crippen LogP contribution in [0.3, 0.4) is 0 Å². The first-order valence-corrected chi connectivity index (χ1v) is 4.40. The second-order valence-corrected chi connectivity index (χ2v) is 2.52. The Morgan fingerprint density at radius 3 is 2.67 bits per heavy atom. The van der Waals surface area contributed by atoms with E-state index in [2.05, 4.69) is 18.3 Å². The summed E-state index contributed by atoms with van der Waals surface area (Å²) in [5.74, 6) is 0. The Labute approximate surface area is 74.4 Å². The van der Waals surface area contributed by atoms with Gasteiger partial charge in [0.2, 0.25) is 6.41 Å². The number of nitrogens with one attached hydrogen (secondary N) is 1. The van der Waals surface area contributed by atoms with Gasteiger partial charge >= 0.3 is 0 Å². The van der Waals surface area contributed by atoms with Crippen molar-refractivity contribution in [3.05, 3.63) is 24.3 Å². The highest BCUT2D eigenvalue weighted by Gasteiger charge is 1.75. The Morgan fingerprint density at radius 1 is 1.25 bits per heavy atom. The van der Waals surface area contributed by atoms with Gasteiger partial charge in [-0.25, -0.2) is 0 Å². The molecule has 12 heavy (non-hydrogen) atoms. The third-order valence-electron chi connectivity index (χ3n) is 1.43. The summed E-state index contributed by atoms with van der Waals surface area (Å²) in [7, 11) is 0. The van der Waals surface area contributed by atoms with Crippen molar-refractivity contribution in [2.75, 3.05) is 6.54 Å². The molecule has 68 valence electrons. The number of rotatable bonds is 7. The van der Waals surface area contributed by atoms with Crippen molar-refractivity contribution >= 4 is 6.41 Å². The zero-order valence-corrected chi connectivity index (χ0v) is 7.62. The van der Waals surface area contributed by atoms with Gasteiger partial charge in [0.05, 0.1) is 0 Å². The third kappa shape index (κ3) is 8.95. The highest BCUT2D eigenvalue weighted by molar-refractivity contribution is 5.46. The Balaban J connectivity index is 3.20. The zero-order valence-electron chi connectivity index (χ0n) is 7.62. The molecule has 0 aliphatic carbocycles. The maximum Gasteiger partial charge on any atom is 0.207 e. The van der Waals surface area contributed by atoms with E-state index in [4.69, 9.17) is 0 Å². The highest BCUT2D eigenvalue weighted by atomic mass is 16.1. The molecule has 0 aromatic rings. The normalized spacial score (nSPS) is 11.1. The molecule has 0 atom stereocenters. The van der Waals surface area contributed by atoms with E-state index in [9.17, 15) is 4.79 Å². The van der Waals surface area contributed by atoms with Crippen molar-refractivity contribution < 1.29 is 4.79 Å². The Morgan fingerprint density at radius 2 is 2.00 bits per heavy atom. The van der Waals surface area contributed by atoms with Crippen LogP contribution in [0, 0.1) is 0 Å². The predicted octanol–water partition coefficient (Wildman–Crippen LogP) is 2.04. The fourth-order valence-electron chi connectivity index (χ4n) is 0.760. The molecule has 0 heterocycles. The molecule has 0 aromatic carbocycles. The van der Waals surface area contributed by atoms with Crippen LogP contribution in [0.5, 0.6) is 0 Å². The van der Waals surface area contributed by atoms with Crippen LogP contribution in [0.4, 0.5) is 0 Å². The molecule has 0 saturated heterocycles. The van der Waals surface area contributed by atoms with Crippen molar-refractivity contribution in [3.8, 4) is 0 Å². The van der Waals surface area contributed by atoms with Gasteiger partial charge in [0.15, 0.2) is 0 Å². The summed E-state index contributed by atoms with van der Waals surface area (Å²) in [5, 5.41) is 2.55. The molecule has 0 aromatic heterocycles. The molecular weight excluding hydrogens is 150 g/mol. The summed E-state index contributed by atoms with van der Waals surface area (Å²) in [6, 6.07) is 0. The second-order valence-electron chi connectivity index (χ2n) is 2.52. The Bertz CT molecular complexity index is 150. The van der Waals surface area contributed by atoms with Crippen molar-refractivity contribution in [3.63, 3.8) is 0 Å². The molecule has 0 aliphatic heterocycles. The topological polar surface area (TPSA) is 29.1 Å². The summed E-state index contributed by atoms with van der Waals surface area (Å²) in [6.07, 6.45) is 12.3. The average Bonchev–Trinajstić information content (AvgIpc) is 2.10. The van der Waals surface area contributed by atoms with Gasteiger partial charge in [0.1, 0.15) is 0 Å². The fourth-order valence-corrected chi connectivity index (χ4v) is 0.760. The summed E-state index contributed by atoms with van der Waals surface area (Å²) in [4.78, 5) is 9.82. The first-order chi connectivity index (χ1) is 5.91. The number of carbonyl (C=O) groups excluding carboxylic acids is 1. The lowest BCUT2D eigenvalue weighted by molar-refractivity contribution is -0.109. The van der Waals surface area contributed by atoms with E-state index in [0.717, 1.165) is 6.42 Å². The standard InChI is InChI=1S/C10H17NO/c1-2-3-4-5-6-7-8-9-11-10-12/h5-8,10H,2-4,9H2,1H3,(H,11,12). The van der Waals surface area contributed by atoms with Crippen molar-refractivity contribution in [2.24, 2.45) is 0 Å². The molecule has 0 unspecified atom stereocenters. The Hall–Kier alpha value is -1.05. The number of hydrogen-bond acceptors (Lipinski definition) is 1. The fraction of sp³-hybridized carbons (Fsp3) is 0.500. The van der Waals surface area contributed by atoms with Crippen LogP contribution in [-0.4, -0.2) is 13.0 Å². The van der Waals surface area contributed by atoms with Crippen LogP contribution in [0.1, 0.15) is 26.2 Å². The first-order valence-electron chi connectivity index (χ1n) is 4.40. The van der Waals surface area contributed by atoms with Crippen LogP contribution in [0.25, 0.3) is 0 Å². The number of carbonyl (C=O) groups is 1. The molecular formula is C10H17NO. The molecule has 0 spiro atoms. The number of amides is 1. The van der Waals surface area contributed by atoms with E-state index in [1.165, 1.54) is 12.8 Å². The molecule has 0 bridgehead atoms. The van der Waals surface area contributed by atoms with Crippen LogP contribution < -0.4 is 5.32 Å². The SMILES string of the molecule is CCCCC=CC=CCNC=O. The monoisotopic (exact) mass is 167 g/mol. The highest BCUT2D eigenvalue weighted by Crippen LogP contribution is 1.94. The van der Waals surface area contributed by atoms with E-state index in [-0.39, 0.29) is 0 Å². The maximum absolute atomic E-state index is 9.82. The van der Waals surface area contributed by atoms with E-state index in [0.29, 0.717) is 13.0 Å².